The number of likely N-dealkylation sites (tertiary alicyclic amines) is 1. The minimum Gasteiger partial charge on any atom is -0.356 e. The van der Waals surface area contributed by atoms with Crippen LogP contribution < -0.4 is 10.6 Å². The Hall–Kier alpha value is -1.35. The second-order valence-electron chi connectivity index (χ2n) is 6.21. The highest BCUT2D eigenvalue weighted by atomic mass is 32.1. The Balaban J connectivity index is 1.65. The topological polar surface area (TPSA) is 52.6 Å². The molecule has 1 saturated heterocycles. The monoisotopic (exact) mass is 377 g/mol. The van der Waals surface area contributed by atoms with Gasteiger partial charge in [0, 0.05) is 44.2 Å². The van der Waals surface area contributed by atoms with Crippen LogP contribution in [0.5, 0.6) is 0 Å². The van der Waals surface area contributed by atoms with Crippen LogP contribution in [0.1, 0.15) is 23.2 Å². The number of nitrogens with zero attached hydrogens (tertiary/aromatic N) is 3. The van der Waals surface area contributed by atoms with Gasteiger partial charge in [0.15, 0.2) is 5.96 Å². The SMILES string of the molecule is CCc1cnc(CCNC(=NC)NCC2CCN(CC(F)(F)F)C2)s1. The first kappa shape index (κ1) is 20.0. The van der Waals surface area contributed by atoms with E-state index >= 15 is 0 Å². The molecule has 1 aliphatic rings. The zero-order valence-electron chi connectivity index (χ0n) is 14.7. The van der Waals surface area contributed by atoms with Gasteiger partial charge in [-0.15, -0.1) is 11.3 Å². The lowest BCUT2D eigenvalue weighted by Crippen LogP contribution is -2.41. The second-order valence-corrected chi connectivity index (χ2v) is 7.41. The van der Waals surface area contributed by atoms with E-state index in [1.807, 2.05) is 6.20 Å². The number of aromatic nitrogens is 1. The molecule has 1 aromatic rings. The standard InChI is InChI=1S/C16H26F3N5S/c1-3-13-9-22-14(25-13)4-6-21-15(20-2)23-8-12-5-7-24(10-12)11-16(17,18)19/h9,12H,3-8,10-11H2,1-2H3,(H2,20,21,23). The lowest BCUT2D eigenvalue weighted by molar-refractivity contribution is -0.143. The molecule has 1 aliphatic heterocycles. The summed E-state index contributed by atoms with van der Waals surface area (Å²) in [4.78, 5) is 11.3. The molecular formula is C16H26F3N5S. The van der Waals surface area contributed by atoms with E-state index in [2.05, 4.69) is 27.5 Å². The molecule has 0 aliphatic carbocycles. The largest absolute Gasteiger partial charge is 0.401 e. The highest BCUT2D eigenvalue weighted by Gasteiger charge is 2.34. The van der Waals surface area contributed by atoms with Gasteiger partial charge >= 0.3 is 6.18 Å². The van der Waals surface area contributed by atoms with E-state index in [0.717, 1.165) is 30.8 Å². The quantitative estimate of drug-likeness (QED) is 0.566. The molecule has 9 heteroatoms. The molecule has 0 amide bonds. The summed E-state index contributed by atoms with van der Waals surface area (Å²) in [6, 6.07) is 0. The number of hydrogen-bond acceptors (Lipinski definition) is 4. The molecular weight excluding hydrogens is 351 g/mol. The first-order chi connectivity index (χ1) is 11.9. The predicted molar refractivity (Wildman–Crippen MR) is 95.2 cm³/mol. The van der Waals surface area contributed by atoms with Gasteiger partial charge in [0.05, 0.1) is 11.6 Å². The number of guanidine groups is 1. The van der Waals surface area contributed by atoms with Gasteiger partial charge in [0.25, 0.3) is 0 Å². The van der Waals surface area contributed by atoms with E-state index in [9.17, 15) is 13.2 Å². The van der Waals surface area contributed by atoms with Crippen LogP contribution >= 0.6 is 11.3 Å². The van der Waals surface area contributed by atoms with Crippen molar-refractivity contribution in [1.29, 1.82) is 0 Å². The molecule has 0 bridgehead atoms. The van der Waals surface area contributed by atoms with Gasteiger partial charge in [-0.05, 0) is 25.3 Å². The Labute approximate surface area is 150 Å². The van der Waals surface area contributed by atoms with Gasteiger partial charge < -0.3 is 10.6 Å². The van der Waals surface area contributed by atoms with Gasteiger partial charge in [0.1, 0.15) is 0 Å². The fraction of sp³-hybridized carbons (Fsp3) is 0.750. The smallest absolute Gasteiger partial charge is 0.356 e. The fourth-order valence-corrected chi connectivity index (χ4v) is 3.72. The first-order valence-electron chi connectivity index (χ1n) is 8.56. The van der Waals surface area contributed by atoms with Gasteiger partial charge in [-0.1, -0.05) is 6.92 Å². The number of nitrogens with one attached hydrogen (secondary N) is 2. The molecule has 0 radical (unpaired) electrons. The summed E-state index contributed by atoms with van der Waals surface area (Å²) in [5.74, 6) is 0.897. The number of hydrogen-bond donors (Lipinski definition) is 2. The maximum absolute atomic E-state index is 12.4. The normalized spacial score (nSPS) is 19.4. The number of rotatable bonds is 7. The molecule has 0 saturated carbocycles. The zero-order chi connectivity index (χ0) is 18.3. The third kappa shape index (κ3) is 7.19. The van der Waals surface area contributed by atoms with Gasteiger partial charge in [-0.25, -0.2) is 4.98 Å². The molecule has 2 heterocycles. The molecule has 142 valence electrons. The van der Waals surface area contributed by atoms with E-state index < -0.39 is 12.7 Å². The molecule has 2 N–H and O–H groups in total. The number of aliphatic imine (C=N–C) groups is 1. The zero-order valence-corrected chi connectivity index (χ0v) is 15.5. The third-order valence-electron chi connectivity index (χ3n) is 4.14. The van der Waals surface area contributed by atoms with Crippen molar-refractivity contribution in [1.82, 2.24) is 20.5 Å². The molecule has 1 fully saturated rings. The molecule has 2 rings (SSSR count). The Bertz CT molecular complexity index is 558. The van der Waals surface area contributed by atoms with E-state index in [-0.39, 0.29) is 5.92 Å². The molecule has 1 aromatic heterocycles. The van der Waals surface area contributed by atoms with Crippen molar-refractivity contribution in [2.75, 3.05) is 39.8 Å². The van der Waals surface area contributed by atoms with E-state index in [1.165, 1.54) is 9.78 Å². The van der Waals surface area contributed by atoms with Gasteiger partial charge in [-0.3, -0.25) is 9.89 Å². The maximum atomic E-state index is 12.4. The Morgan fingerprint density at radius 2 is 2.24 bits per heavy atom. The molecule has 5 nitrogen and oxygen atoms in total. The van der Waals surface area contributed by atoms with Crippen LogP contribution in [-0.4, -0.2) is 61.8 Å². The van der Waals surface area contributed by atoms with Crippen molar-refractivity contribution >= 4 is 17.3 Å². The minimum atomic E-state index is -4.12. The number of aryl methyl sites for hydroxylation is 1. The van der Waals surface area contributed by atoms with Crippen molar-refractivity contribution in [2.45, 2.75) is 32.4 Å². The highest BCUT2D eigenvalue weighted by molar-refractivity contribution is 7.11. The molecule has 1 unspecified atom stereocenters. The molecule has 1 atom stereocenters. The molecule has 0 aromatic carbocycles. The summed E-state index contributed by atoms with van der Waals surface area (Å²) in [6.45, 7) is 3.63. The summed E-state index contributed by atoms with van der Waals surface area (Å²) in [5, 5.41) is 7.54. The number of halogens is 3. The van der Waals surface area contributed by atoms with Crippen LogP contribution in [-0.2, 0) is 12.8 Å². The van der Waals surface area contributed by atoms with Crippen LogP contribution in [0.15, 0.2) is 11.2 Å². The fourth-order valence-electron chi connectivity index (χ4n) is 2.85. The van der Waals surface area contributed by atoms with Crippen molar-refractivity contribution in [3.63, 3.8) is 0 Å². The summed E-state index contributed by atoms with van der Waals surface area (Å²) < 4.78 is 37.2. The Morgan fingerprint density at radius 3 is 2.88 bits per heavy atom. The second kappa shape index (κ2) is 9.38. The van der Waals surface area contributed by atoms with Crippen LogP contribution in [0, 0.1) is 5.92 Å². The van der Waals surface area contributed by atoms with Crippen molar-refractivity contribution in [2.24, 2.45) is 10.9 Å². The molecule has 0 spiro atoms. The van der Waals surface area contributed by atoms with Gasteiger partial charge in [0.2, 0.25) is 0 Å². The van der Waals surface area contributed by atoms with Crippen LogP contribution in [0.25, 0.3) is 0 Å². The lowest BCUT2D eigenvalue weighted by Gasteiger charge is -2.18. The Kier molecular flexibility index (Phi) is 7.49. The third-order valence-corrected chi connectivity index (χ3v) is 5.34. The lowest BCUT2D eigenvalue weighted by atomic mass is 10.1. The van der Waals surface area contributed by atoms with E-state index in [0.29, 0.717) is 25.6 Å². The van der Waals surface area contributed by atoms with Gasteiger partial charge in [-0.2, -0.15) is 13.2 Å². The summed E-state index contributed by atoms with van der Waals surface area (Å²) in [5.41, 5.74) is 0. The maximum Gasteiger partial charge on any atom is 0.401 e. The minimum absolute atomic E-state index is 0.215. The van der Waals surface area contributed by atoms with Crippen LogP contribution in [0.3, 0.4) is 0 Å². The van der Waals surface area contributed by atoms with Crippen LogP contribution in [0.4, 0.5) is 13.2 Å². The van der Waals surface area contributed by atoms with Crippen molar-refractivity contribution in [3.05, 3.63) is 16.1 Å². The highest BCUT2D eigenvalue weighted by Crippen LogP contribution is 2.22. The average molecular weight is 377 g/mol. The van der Waals surface area contributed by atoms with Crippen LogP contribution in [0.2, 0.25) is 0 Å². The van der Waals surface area contributed by atoms with Crippen molar-refractivity contribution < 1.29 is 13.2 Å². The summed E-state index contributed by atoms with van der Waals surface area (Å²) in [7, 11) is 1.69. The van der Waals surface area contributed by atoms with Crippen molar-refractivity contribution in [3.8, 4) is 0 Å². The number of thiazole rings is 1. The predicted octanol–water partition coefficient (Wildman–Crippen LogP) is 2.30. The van der Waals surface area contributed by atoms with E-state index in [1.54, 1.807) is 18.4 Å². The summed E-state index contributed by atoms with van der Waals surface area (Å²) >= 11 is 1.72. The average Bonchev–Trinajstić information content (AvgIpc) is 3.18. The first-order valence-corrected chi connectivity index (χ1v) is 9.38. The number of alkyl halides is 3. The Morgan fingerprint density at radius 1 is 1.44 bits per heavy atom. The molecule has 25 heavy (non-hydrogen) atoms. The van der Waals surface area contributed by atoms with E-state index in [4.69, 9.17) is 0 Å². The summed E-state index contributed by atoms with van der Waals surface area (Å²) in [6.07, 6.45) is 0.404.